The number of alkyl carbamates (subject to hydrolysis) is 4. The molecule has 0 unspecified atom stereocenters. The first-order chi connectivity index (χ1) is 34.8. The number of unbranched alkanes of at least 4 members (excludes halogenated alkanes) is 3. The van der Waals surface area contributed by atoms with E-state index in [2.05, 4.69) is 57.7 Å². The summed E-state index contributed by atoms with van der Waals surface area (Å²) >= 11 is 0. The maximum Gasteiger partial charge on any atom is 0.407 e. The Morgan fingerprint density at radius 3 is 1.07 bits per heavy atom. The fourth-order valence-electron chi connectivity index (χ4n) is 7.63. The number of carbonyl (C=O) groups excluding carboxylic acids is 4. The first kappa shape index (κ1) is 62.6. The Balaban J connectivity index is 1.98. The van der Waals surface area contributed by atoms with Crippen molar-refractivity contribution in [2.75, 3.05) is 52.6 Å². The molecule has 0 spiro atoms. The molecule has 3 aromatic rings. The molecule has 0 fully saturated rings. The molecule has 0 aromatic heterocycles. The summed E-state index contributed by atoms with van der Waals surface area (Å²) in [4.78, 5) is 51.0. The Morgan fingerprint density at radius 2 is 0.743 bits per heavy atom. The van der Waals surface area contributed by atoms with E-state index in [0.717, 1.165) is 70.4 Å². The number of carbonyl (C=O) groups is 4. The fourth-order valence-corrected chi connectivity index (χ4v) is 7.63. The summed E-state index contributed by atoms with van der Waals surface area (Å²) in [5.41, 5.74) is 4.08. The third-order valence-electron chi connectivity index (χ3n) is 10.6. The predicted octanol–water partition coefficient (Wildman–Crippen LogP) is 10.7. The molecule has 0 heterocycles. The highest BCUT2D eigenvalue weighted by molar-refractivity contribution is 5.69. The lowest BCUT2D eigenvalue weighted by atomic mass is 9.93. The topological polar surface area (TPSA) is 201 Å². The van der Waals surface area contributed by atoms with Gasteiger partial charge in [-0.3, -0.25) is 0 Å². The van der Waals surface area contributed by atoms with Gasteiger partial charge in [-0.2, -0.15) is 0 Å². The molecule has 0 saturated carbocycles. The van der Waals surface area contributed by atoms with Gasteiger partial charge in [0.25, 0.3) is 0 Å². The number of aliphatic hydroxyl groups excluding tert-OH is 1. The van der Waals surface area contributed by atoms with Crippen LogP contribution in [0.15, 0.2) is 54.6 Å². The van der Waals surface area contributed by atoms with E-state index in [0.29, 0.717) is 83.6 Å². The normalized spacial score (nSPS) is 11.9. The zero-order chi connectivity index (χ0) is 54.8. The Bertz CT molecular complexity index is 2060. The molecule has 0 atom stereocenters. The van der Waals surface area contributed by atoms with Crippen molar-refractivity contribution in [1.29, 1.82) is 0 Å². The molecule has 4 amide bonds. The maximum absolute atomic E-state index is 12.8. The van der Waals surface area contributed by atoms with Crippen LogP contribution in [0.5, 0.6) is 11.5 Å². The van der Waals surface area contributed by atoms with Crippen LogP contribution in [0.3, 0.4) is 0 Å². The van der Waals surface area contributed by atoms with Crippen molar-refractivity contribution in [3.05, 3.63) is 93.5 Å². The van der Waals surface area contributed by atoms with Gasteiger partial charge in [0, 0.05) is 45.8 Å². The minimum absolute atomic E-state index is 0.0448. The molecule has 3 aromatic carbocycles. The molecule has 0 aliphatic heterocycles. The first-order valence-corrected chi connectivity index (χ1v) is 26.4. The SMILES string of the molecule is CC(C)(C)OC(=O)NCCc1cc(CCc2cc(CCNC(=O)OC(C)(C)C)c(OCCCCCCOCc3ccccc3)c(CCNC(=O)OC(C)(C)C)c2)cc(CCNC(=O)OC(C)(C)C)c1OCCCO. The van der Waals surface area contributed by atoms with Gasteiger partial charge in [0.1, 0.15) is 33.9 Å². The highest BCUT2D eigenvalue weighted by atomic mass is 16.6. The number of hydrogen-bond acceptors (Lipinski definition) is 12. The van der Waals surface area contributed by atoms with Crippen LogP contribution >= 0.6 is 0 Å². The molecule has 3 rings (SSSR count). The Labute approximate surface area is 442 Å². The second-order valence-corrected chi connectivity index (χ2v) is 22.4. The lowest BCUT2D eigenvalue weighted by molar-refractivity contribution is 0.0516. The van der Waals surface area contributed by atoms with E-state index in [1.165, 1.54) is 0 Å². The number of aliphatic hydroxyl groups is 1. The van der Waals surface area contributed by atoms with Gasteiger partial charge in [-0.1, -0.05) is 61.0 Å². The Morgan fingerprint density at radius 1 is 0.419 bits per heavy atom. The van der Waals surface area contributed by atoms with Crippen LogP contribution in [-0.4, -0.2) is 104 Å². The van der Waals surface area contributed by atoms with Crippen molar-refractivity contribution < 1.29 is 57.4 Å². The van der Waals surface area contributed by atoms with E-state index >= 15 is 0 Å². The van der Waals surface area contributed by atoms with Crippen LogP contribution in [0, 0.1) is 0 Å². The average Bonchev–Trinajstić information content (AvgIpc) is 3.27. The number of amides is 4. The summed E-state index contributed by atoms with van der Waals surface area (Å²) in [5, 5.41) is 21.2. The molecule has 74 heavy (non-hydrogen) atoms. The monoisotopic (exact) mass is 1030 g/mol. The predicted molar refractivity (Wildman–Crippen MR) is 289 cm³/mol. The lowest BCUT2D eigenvalue weighted by Gasteiger charge is -2.22. The molecular weight excluding hydrogens is 945 g/mol. The first-order valence-electron chi connectivity index (χ1n) is 26.4. The van der Waals surface area contributed by atoms with Crippen LogP contribution in [0.2, 0.25) is 0 Å². The van der Waals surface area contributed by atoms with Gasteiger partial charge in [-0.25, -0.2) is 19.2 Å². The van der Waals surface area contributed by atoms with E-state index in [1.54, 1.807) is 0 Å². The molecule has 16 heteroatoms. The minimum Gasteiger partial charge on any atom is -0.493 e. The number of nitrogens with one attached hydrogen (secondary N) is 4. The van der Waals surface area contributed by atoms with Crippen LogP contribution < -0.4 is 30.7 Å². The minimum atomic E-state index is -0.664. The van der Waals surface area contributed by atoms with Crippen molar-refractivity contribution >= 4 is 24.4 Å². The number of aryl methyl sites for hydroxylation is 2. The third kappa shape index (κ3) is 28.1. The number of ether oxygens (including phenoxy) is 7. The molecule has 0 radical (unpaired) electrons. The number of benzene rings is 3. The number of hydrogen-bond donors (Lipinski definition) is 5. The smallest absolute Gasteiger partial charge is 0.407 e. The standard InChI is InChI=1S/C58H90N4O12/c1-55(2,3)71-51(64)59-29-25-45-37-43(38-46(26-30-60-52(65)72-56(4,5)6)49(45)69-35-19-14-13-18-34-68-41-42-21-16-15-17-22-42)23-24-44-39-47(27-31-61-53(66)73-57(7,8)9)50(70-36-20-33-63)48(40-44)28-32-62-54(67)74-58(10,11)12/h15-17,21-22,37-40,63H,13-14,18-20,23-36,41H2,1-12H3,(H,59,64)(H,60,65)(H,61,66)(H,62,67). The molecule has 16 nitrogen and oxygen atoms in total. The van der Waals surface area contributed by atoms with Crippen LogP contribution in [-0.2, 0) is 68.8 Å². The van der Waals surface area contributed by atoms with Crippen molar-refractivity contribution in [1.82, 2.24) is 21.3 Å². The molecular formula is C58H90N4O12. The Hall–Kier alpha value is -5.74. The molecule has 0 bridgehead atoms. The average molecular weight is 1040 g/mol. The highest BCUT2D eigenvalue weighted by Crippen LogP contribution is 2.31. The van der Waals surface area contributed by atoms with Crippen molar-refractivity contribution in [3.63, 3.8) is 0 Å². The van der Waals surface area contributed by atoms with Gasteiger partial charge in [-0.05, 0) is 180 Å². The fraction of sp³-hybridized carbons (Fsp3) is 0.621. The van der Waals surface area contributed by atoms with E-state index in [-0.39, 0.29) is 26.3 Å². The summed E-state index contributed by atoms with van der Waals surface area (Å²) < 4.78 is 41.0. The summed E-state index contributed by atoms with van der Waals surface area (Å²) in [5.74, 6) is 1.36. The van der Waals surface area contributed by atoms with Gasteiger partial charge >= 0.3 is 24.4 Å². The van der Waals surface area contributed by atoms with Gasteiger partial charge in [0.05, 0.1) is 19.8 Å². The molecule has 5 N–H and O–H groups in total. The highest BCUT2D eigenvalue weighted by Gasteiger charge is 2.22. The van der Waals surface area contributed by atoms with E-state index in [1.807, 2.05) is 101 Å². The lowest BCUT2D eigenvalue weighted by Crippen LogP contribution is -2.34. The molecule has 414 valence electrons. The Kier molecular flexibility index (Phi) is 26.4. The van der Waals surface area contributed by atoms with Crippen LogP contribution in [0.4, 0.5) is 19.2 Å². The van der Waals surface area contributed by atoms with Crippen molar-refractivity contribution in [2.45, 2.75) is 183 Å². The van der Waals surface area contributed by atoms with Crippen LogP contribution in [0.25, 0.3) is 0 Å². The third-order valence-corrected chi connectivity index (χ3v) is 10.6. The van der Waals surface area contributed by atoms with Crippen LogP contribution in [0.1, 0.15) is 154 Å². The van der Waals surface area contributed by atoms with Gasteiger partial charge < -0.3 is 59.5 Å². The largest absolute Gasteiger partial charge is 0.493 e. The second-order valence-electron chi connectivity index (χ2n) is 22.4. The summed E-state index contributed by atoms with van der Waals surface area (Å²) in [7, 11) is 0. The molecule has 0 aliphatic rings. The number of rotatable bonds is 29. The molecule has 0 saturated heterocycles. The van der Waals surface area contributed by atoms with E-state index in [9.17, 15) is 24.3 Å². The quantitative estimate of drug-likeness (QED) is 0.0326. The van der Waals surface area contributed by atoms with E-state index in [4.69, 9.17) is 33.2 Å². The zero-order valence-corrected chi connectivity index (χ0v) is 46.8. The van der Waals surface area contributed by atoms with Crippen molar-refractivity contribution in [3.8, 4) is 11.5 Å². The second kappa shape index (κ2) is 31.2. The van der Waals surface area contributed by atoms with Gasteiger partial charge in [0.15, 0.2) is 0 Å². The summed E-state index contributed by atoms with van der Waals surface area (Å²) in [6.45, 7) is 24.9. The van der Waals surface area contributed by atoms with Crippen molar-refractivity contribution in [2.24, 2.45) is 0 Å². The summed E-state index contributed by atoms with van der Waals surface area (Å²) in [6, 6.07) is 18.6. The molecule has 0 aliphatic carbocycles. The maximum atomic E-state index is 12.8. The van der Waals surface area contributed by atoms with Gasteiger partial charge in [0.2, 0.25) is 0 Å². The van der Waals surface area contributed by atoms with E-state index < -0.39 is 46.8 Å². The van der Waals surface area contributed by atoms with Gasteiger partial charge in [-0.15, -0.1) is 0 Å². The summed E-state index contributed by atoms with van der Waals surface area (Å²) in [6.07, 6.45) is 5.05. The zero-order valence-electron chi connectivity index (χ0n) is 46.8.